The number of nitrogens with one attached hydrogen (secondary N) is 2. The van der Waals surface area contributed by atoms with E-state index < -0.39 is 0 Å². The number of amides is 2. The van der Waals surface area contributed by atoms with Crippen molar-refractivity contribution in [2.75, 3.05) is 16.8 Å². The summed E-state index contributed by atoms with van der Waals surface area (Å²) in [5, 5.41) is 4.01. The Balaban J connectivity index is 1.46. The predicted molar refractivity (Wildman–Crippen MR) is 180 cm³/mol. The van der Waals surface area contributed by atoms with Crippen molar-refractivity contribution in [1.82, 2.24) is 15.0 Å². The molecule has 1 aliphatic rings. The average Bonchev–Trinajstić information content (AvgIpc) is 3.87. The largest absolute Gasteiger partial charge is 0.489 e. The molecule has 1 saturated carbocycles. The van der Waals surface area contributed by atoms with Gasteiger partial charge in [0.05, 0.1) is 0 Å². The molecule has 0 saturated heterocycles. The Morgan fingerprint density at radius 2 is 1.67 bits per heavy atom. The second-order valence-corrected chi connectivity index (χ2v) is 12.4. The normalized spacial score (nSPS) is 12.9. The molecule has 0 bridgehead atoms. The van der Waals surface area contributed by atoms with Crippen molar-refractivity contribution in [2.45, 2.75) is 59.0 Å². The van der Waals surface area contributed by atoms with E-state index in [-0.39, 0.29) is 23.4 Å². The van der Waals surface area contributed by atoms with Crippen LogP contribution in [-0.2, 0) is 6.61 Å². The maximum Gasteiger partial charge on any atom is 0.326 e. The van der Waals surface area contributed by atoms with E-state index in [4.69, 9.17) is 4.74 Å². The Morgan fingerprint density at radius 3 is 2.36 bits per heavy atom. The van der Waals surface area contributed by atoms with Gasteiger partial charge in [0.15, 0.2) is 0 Å². The van der Waals surface area contributed by atoms with E-state index in [1.165, 1.54) is 0 Å². The maximum atomic E-state index is 14.4. The monoisotopic (exact) mass is 601 g/mol. The summed E-state index contributed by atoms with van der Waals surface area (Å²) in [7, 11) is 0. The van der Waals surface area contributed by atoms with Crippen LogP contribution in [0.25, 0.3) is 22.2 Å². The molecule has 0 unspecified atom stereocenters. The molecule has 8 heteroatoms. The number of benzene rings is 2. The summed E-state index contributed by atoms with van der Waals surface area (Å²) < 4.78 is 6.15. The van der Waals surface area contributed by atoms with Crippen LogP contribution in [0, 0.1) is 5.92 Å². The van der Waals surface area contributed by atoms with Gasteiger partial charge < -0.3 is 15.0 Å². The first-order chi connectivity index (χ1) is 21.8. The number of H-pyrrole nitrogens is 1. The molecule has 6 rings (SSSR count). The highest BCUT2D eigenvalue weighted by atomic mass is 16.5. The van der Waals surface area contributed by atoms with Crippen molar-refractivity contribution in [3.05, 3.63) is 112 Å². The third-order valence-corrected chi connectivity index (χ3v) is 8.30. The highest BCUT2D eigenvalue weighted by molar-refractivity contribution is 6.09. The van der Waals surface area contributed by atoms with Crippen molar-refractivity contribution < 1.29 is 9.53 Å². The van der Waals surface area contributed by atoms with Gasteiger partial charge in [-0.05, 0) is 89.2 Å². The molecule has 2 N–H and O–H groups in total. The zero-order chi connectivity index (χ0) is 31.5. The summed E-state index contributed by atoms with van der Waals surface area (Å²) >= 11 is 0. The van der Waals surface area contributed by atoms with Gasteiger partial charge in [-0.15, -0.1) is 0 Å². The number of carbonyl (C=O) groups excluding carboxylic acids is 1. The maximum absolute atomic E-state index is 14.4. The molecule has 1 aliphatic carbocycles. The van der Waals surface area contributed by atoms with E-state index >= 15 is 0 Å². The summed E-state index contributed by atoms with van der Waals surface area (Å²) in [6.07, 6.45) is 7.16. The van der Waals surface area contributed by atoms with Crippen LogP contribution in [0.4, 0.5) is 16.2 Å². The lowest BCUT2D eigenvalue weighted by molar-refractivity contribution is 0.256. The van der Waals surface area contributed by atoms with Gasteiger partial charge in [0, 0.05) is 41.8 Å². The van der Waals surface area contributed by atoms with Crippen molar-refractivity contribution >= 4 is 28.4 Å². The fourth-order valence-electron chi connectivity index (χ4n) is 5.76. The molecule has 0 spiro atoms. The molecular formula is C37H39N5O3. The number of urea groups is 1. The number of hydrogen-bond donors (Lipinski definition) is 2. The quantitative estimate of drug-likeness (QED) is 0.168. The molecule has 1 fully saturated rings. The first kappa shape index (κ1) is 30.1. The minimum atomic E-state index is -0.365. The van der Waals surface area contributed by atoms with E-state index in [2.05, 4.69) is 60.1 Å². The van der Waals surface area contributed by atoms with Gasteiger partial charge >= 0.3 is 6.03 Å². The minimum absolute atomic E-state index is 0.205. The van der Waals surface area contributed by atoms with E-state index in [1.54, 1.807) is 23.5 Å². The molecule has 2 aromatic carbocycles. The van der Waals surface area contributed by atoms with E-state index in [1.807, 2.05) is 54.6 Å². The number of ether oxygens (including phenoxy) is 1. The fraction of sp³-hybridized carbons (Fsp3) is 0.297. The number of aromatic amines is 1. The molecule has 2 amide bonds. The molecule has 230 valence electrons. The zero-order valence-electron chi connectivity index (χ0n) is 26.2. The van der Waals surface area contributed by atoms with Crippen LogP contribution in [0.15, 0.2) is 90.1 Å². The van der Waals surface area contributed by atoms with Crippen LogP contribution in [-0.4, -0.2) is 27.5 Å². The number of aromatic nitrogens is 3. The van der Waals surface area contributed by atoms with Gasteiger partial charge in [-0.25, -0.2) is 9.78 Å². The van der Waals surface area contributed by atoms with Crippen molar-refractivity contribution in [3.8, 4) is 16.9 Å². The van der Waals surface area contributed by atoms with Gasteiger partial charge in [-0.3, -0.25) is 14.7 Å². The Bertz CT molecular complexity index is 1850. The van der Waals surface area contributed by atoms with E-state index in [0.29, 0.717) is 41.7 Å². The van der Waals surface area contributed by atoms with Gasteiger partial charge in [-0.1, -0.05) is 58.0 Å². The number of pyridine rings is 3. The van der Waals surface area contributed by atoms with Gasteiger partial charge in [0.2, 0.25) is 0 Å². The average molecular weight is 602 g/mol. The van der Waals surface area contributed by atoms with E-state index in [0.717, 1.165) is 46.2 Å². The number of carbonyl (C=O) groups is 1. The molecule has 0 atom stereocenters. The van der Waals surface area contributed by atoms with Crippen molar-refractivity contribution in [2.24, 2.45) is 5.92 Å². The van der Waals surface area contributed by atoms with Gasteiger partial charge in [-0.2, -0.15) is 0 Å². The number of anilines is 2. The second-order valence-electron chi connectivity index (χ2n) is 12.4. The van der Waals surface area contributed by atoms with Crippen LogP contribution in [0.3, 0.4) is 0 Å². The smallest absolute Gasteiger partial charge is 0.326 e. The Morgan fingerprint density at radius 1 is 0.956 bits per heavy atom. The molecule has 8 nitrogen and oxygen atoms in total. The van der Waals surface area contributed by atoms with Crippen LogP contribution >= 0.6 is 0 Å². The van der Waals surface area contributed by atoms with Crippen LogP contribution < -0.4 is 20.5 Å². The summed E-state index contributed by atoms with van der Waals surface area (Å²) in [5.41, 5.74) is 5.76. The molecule has 3 aromatic heterocycles. The van der Waals surface area contributed by atoms with Crippen LogP contribution in [0.1, 0.15) is 69.1 Å². The summed E-state index contributed by atoms with van der Waals surface area (Å²) in [6, 6.07) is 21.1. The molecule has 0 aliphatic heterocycles. The Hall–Kier alpha value is -4.98. The summed E-state index contributed by atoms with van der Waals surface area (Å²) in [5.74, 6) is 1.39. The Kier molecular flexibility index (Phi) is 8.65. The molecule has 5 aromatic rings. The van der Waals surface area contributed by atoms with Crippen LogP contribution in [0.5, 0.6) is 5.75 Å². The number of para-hydroxylation sites is 1. The number of rotatable bonds is 10. The first-order valence-electron chi connectivity index (χ1n) is 15.6. The lowest BCUT2D eigenvalue weighted by atomic mass is 9.92. The Labute approximate surface area is 263 Å². The number of nitrogens with zero attached hydrogens (tertiary/aromatic N) is 3. The second kappa shape index (κ2) is 12.9. The minimum Gasteiger partial charge on any atom is -0.489 e. The zero-order valence-corrected chi connectivity index (χ0v) is 26.2. The molecule has 45 heavy (non-hydrogen) atoms. The summed E-state index contributed by atoms with van der Waals surface area (Å²) in [6.45, 7) is 9.31. The number of fused-ring (bicyclic) bond motifs is 1. The van der Waals surface area contributed by atoms with Crippen molar-refractivity contribution in [1.29, 1.82) is 0 Å². The number of hydrogen-bond acceptors (Lipinski definition) is 5. The lowest BCUT2D eigenvalue weighted by Crippen LogP contribution is -2.40. The van der Waals surface area contributed by atoms with Gasteiger partial charge in [0.1, 0.15) is 23.7 Å². The highest BCUT2D eigenvalue weighted by Gasteiger charge is 2.32. The standard InChI is InChI=1S/C37H39N5O3/c1-23(2)29-10-6-11-30(24(3)4)33(29)40-37(44)42(21-25-13-14-25)34-32(31-12-7-17-39-35(31)41-36(34)43)27-8-5-9-28(20-27)45-22-26-15-18-38-19-16-26/h5-12,15-20,23-25H,13-14,21-22H2,1-4H3,(H,40,44)(H,39,41,43). The fourth-order valence-corrected chi connectivity index (χ4v) is 5.76. The SMILES string of the molecule is CC(C)c1cccc(C(C)C)c1NC(=O)N(CC1CC1)c1c(-c2cccc(OCc3ccncc3)c2)c2cccnc2[nH]c1=O. The van der Waals surface area contributed by atoms with Crippen molar-refractivity contribution in [3.63, 3.8) is 0 Å². The topological polar surface area (TPSA) is 100 Å². The highest BCUT2D eigenvalue weighted by Crippen LogP contribution is 2.39. The van der Waals surface area contributed by atoms with Gasteiger partial charge in [0.25, 0.3) is 5.56 Å². The molecule has 3 heterocycles. The third-order valence-electron chi connectivity index (χ3n) is 8.30. The van der Waals surface area contributed by atoms with Crippen LogP contribution in [0.2, 0.25) is 0 Å². The predicted octanol–water partition coefficient (Wildman–Crippen LogP) is 8.26. The molecular weight excluding hydrogens is 562 g/mol. The third kappa shape index (κ3) is 6.60. The molecule has 0 radical (unpaired) electrons. The van der Waals surface area contributed by atoms with E-state index in [9.17, 15) is 9.59 Å². The first-order valence-corrected chi connectivity index (χ1v) is 15.6. The summed E-state index contributed by atoms with van der Waals surface area (Å²) in [4.78, 5) is 41.6. The lowest BCUT2D eigenvalue weighted by Gasteiger charge is -2.28.